The highest BCUT2D eigenvalue weighted by Crippen LogP contribution is 2.26. The third kappa shape index (κ3) is 4.33. The highest BCUT2D eigenvalue weighted by Gasteiger charge is 2.27. The van der Waals surface area contributed by atoms with E-state index >= 15 is 0 Å². The molecule has 0 radical (unpaired) electrons. The number of esters is 1. The molecule has 0 aliphatic carbocycles. The van der Waals surface area contributed by atoms with E-state index in [9.17, 15) is 13.2 Å². The number of rotatable bonds is 7. The number of ether oxygens (including phenoxy) is 2. The van der Waals surface area contributed by atoms with Crippen LogP contribution in [0.1, 0.15) is 35.2 Å². The summed E-state index contributed by atoms with van der Waals surface area (Å²) in [4.78, 5) is 21.1. The second kappa shape index (κ2) is 9.44. The predicted octanol–water partition coefficient (Wildman–Crippen LogP) is 3.61. The molecule has 9 nitrogen and oxygen atoms in total. The van der Waals surface area contributed by atoms with Crippen molar-refractivity contribution in [3.05, 3.63) is 59.5 Å². The summed E-state index contributed by atoms with van der Waals surface area (Å²) < 4.78 is 40.6. The topological polar surface area (TPSA) is 107 Å². The highest BCUT2D eigenvalue weighted by atomic mass is 32.2. The number of fused-ring (bicyclic) bond motifs is 2. The van der Waals surface area contributed by atoms with Gasteiger partial charge < -0.3 is 19.0 Å². The molecule has 1 aliphatic heterocycles. The largest absolute Gasteiger partial charge is 0.454 e. The van der Waals surface area contributed by atoms with Gasteiger partial charge in [-0.3, -0.25) is 0 Å². The zero-order chi connectivity index (χ0) is 24.6. The minimum absolute atomic E-state index is 0.0159. The maximum Gasteiger partial charge on any atom is 0.341 e. The van der Waals surface area contributed by atoms with E-state index < -0.39 is 16.0 Å². The minimum Gasteiger partial charge on any atom is -0.454 e. The van der Waals surface area contributed by atoms with Crippen LogP contribution in [0.25, 0.3) is 21.9 Å². The average molecular weight is 497 g/mol. The number of nitrogens with one attached hydrogen (secondary N) is 1. The third-order valence-corrected chi connectivity index (χ3v) is 8.18. The molecule has 10 heteroatoms. The van der Waals surface area contributed by atoms with Crippen molar-refractivity contribution in [3.8, 4) is 0 Å². The monoisotopic (exact) mass is 496 g/mol. The van der Waals surface area contributed by atoms with E-state index in [1.165, 1.54) is 4.31 Å². The summed E-state index contributed by atoms with van der Waals surface area (Å²) in [6.07, 6.45) is 0.849. The maximum absolute atomic E-state index is 13.1. The van der Waals surface area contributed by atoms with Crippen molar-refractivity contribution in [2.75, 3.05) is 26.3 Å². The number of morpholine rings is 1. The molecule has 2 aromatic heterocycles. The summed E-state index contributed by atoms with van der Waals surface area (Å²) in [5, 5.41) is 0.815. The smallest absolute Gasteiger partial charge is 0.341 e. The van der Waals surface area contributed by atoms with Crippen LogP contribution in [-0.2, 0) is 32.6 Å². The molecule has 0 amide bonds. The molecule has 5 rings (SSSR count). The number of sulfonamides is 1. The van der Waals surface area contributed by atoms with Gasteiger partial charge in [-0.15, -0.1) is 0 Å². The Balaban J connectivity index is 1.44. The zero-order valence-electron chi connectivity index (χ0n) is 19.8. The van der Waals surface area contributed by atoms with Crippen molar-refractivity contribution in [2.24, 2.45) is 0 Å². The van der Waals surface area contributed by atoms with Gasteiger partial charge in [0.1, 0.15) is 12.4 Å². The number of benzene rings is 2. The average Bonchev–Trinajstić information content (AvgIpc) is 3.39. The number of imidazole rings is 1. The van der Waals surface area contributed by atoms with Crippen LogP contribution >= 0.6 is 0 Å². The van der Waals surface area contributed by atoms with Gasteiger partial charge in [0.2, 0.25) is 10.0 Å². The van der Waals surface area contributed by atoms with Crippen molar-refractivity contribution >= 4 is 37.9 Å². The van der Waals surface area contributed by atoms with Crippen LogP contribution in [0.2, 0.25) is 0 Å². The maximum atomic E-state index is 13.1. The Morgan fingerprint density at radius 1 is 1.17 bits per heavy atom. The molecule has 0 bridgehead atoms. The van der Waals surface area contributed by atoms with Crippen LogP contribution in [0.4, 0.5) is 0 Å². The summed E-state index contributed by atoms with van der Waals surface area (Å²) >= 11 is 0. The molecule has 35 heavy (non-hydrogen) atoms. The van der Waals surface area contributed by atoms with Crippen LogP contribution < -0.4 is 0 Å². The lowest BCUT2D eigenvalue weighted by molar-refractivity contribution is 0.0460. The fraction of sp³-hybridized carbons (Fsp3) is 0.360. The number of aryl methyl sites for hydroxylation is 2. The lowest BCUT2D eigenvalue weighted by atomic mass is 10.1. The van der Waals surface area contributed by atoms with Gasteiger partial charge >= 0.3 is 5.97 Å². The van der Waals surface area contributed by atoms with Gasteiger partial charge in [-0.2, -0.15) is 4.31 Å². The number of hydrogen-bond acceptors (Lipinski definition) is 6. The van der Waals surface area contributed by atoms with E-state index in [1.807, 2.05) is 42.7 Å². The Labute approximate surface area is 203 Å². The first-order chi connectivity index (χ1) is 16.9. The van der Waals surface area contributed by atoms with Crippen LogP contribution in [-0.4, -0.2) is 59.5 Å². The summed E-state index contributed by atoms with van der Waals surface area (Å²) in [5.41, 5.74) is 3.50. The molecule has 0 unspecified atom stereocenters. The van der Waals surface area contributed by atoms with E-state index in [-0.39, 0.29) is 11.5 Å². The van der Waals surface area contributed by atoms with Gasteiger partial charge in [-0.25, -0.2) is 18.2 Å². The number of para-hydroxylation sites is 1. The number of carbonyl (C=O) groups excluding carboxylic acids is 1. The molecule has 4 aromatic rings. The highest BCUT2D eigenvalue weighted by molar-refractivity contribution is 7.89. The van der Waals surface area contributed by atoms with Crippen molar-refractivity contribution in [1.82, 2.24) is 18.8 Å². The Morgan fingerprint density at radius 2 is 1.94 bits per heavy atom. The Bertz CT molecular complexity index is 1500. The lowest BCUT2D eigenvalue weighted by Crippen LogP contribution is -2.40. The van der Waals surface area contributed by atoms with Crippen molar-refractivity contribution in [2.45, 2.75) is 38.3 Å². The lowest BCUT2D eigenvalue weighted by Gasteiger charge is -2.26. The number of H-pyrrole nitrogens is 1. The fourth-order valence-corrected chi connectivity index (χ4v) is 6.01. The normalized spacial score (nSPS) is 15.1. The first-order valence-electron chi connectivity index (χ1n) is 11.7. The van der Waals surface area contributed by atoms with Crippen LogP contribution in [0.3, 0.4) is 0 Å². The number of hydrogen-bond donors (Lipinski definition) is 1. The van der Waals surface area contributed by atoms with Gasteiger partial charge in [0.15, 0.2) is 0 Å². The second-order valence-electron chi connectivity index (χ2n) is 8.59. The predicted molar refractivity (Wildman–Crippen MR) is 132 cm³/mol. The molecule has 2 aromatic carbocycles. The van der Waals surface area contributed by atoms with Gasteiger partial charge in [0, 0.05) is 36.2 Å². The molecule has 0 spiro atoms. The van der Waals surface area contributed by atoms with E-state index in [0.717, 1.165) is 28.5 Å². The Kier molecular flexibility index (Phi) is 6.35. The summed E-state index contributed by atoms with van der Waals surface area (Å²) in [6, 6.07) is 12.6. The van der Waals surface area contributed by atoms with E-state index in [4.69, 9.17) is 9.47 Å². The van der Waals surface area contributed by atoms with E-state index in [0.29, 0.717) is 49.8 Å². The first-order valence-corrected chi connectivity index (χ1v) is 13.2. The van der Waals surface area contributed by atoms with Gasteiger partial charge in [0.05, 0.1) is 34.7 Å². The zero-order valence-corrected chi connectivity index (χ0v) is 20.6. The van der Waals surface area contributed by atoms with E-state index in [2.05, 4.69) is 9.97 Å². The first kappa shape index (κ1) is 23.5. The number of aromatic amines is 1. The second-order valence-corrected chi connectivity index (χ2v) is 10.5. The van der Waals surface area contributed by atoms with Crippen LogP contribution in [0.5, 0.6) is 0 Å². The third-order valence-electron chi connectivity index (χ3n) is 6.28. The molecular formula is C25H28N4O5S. The van der Waals surface area contributed by atoms with Crippen LogP contribution in [0, 0.1) is 6.92 Å². The fourth-order valence-electron chi connectivity index (χ4n) is 4.58. The van der Waals surface area contributed by atoms with Gasteiger partial charge in [-0.1, -0.05) is 25.1 Å². The van der Waals surface area contributed by atoms with Gasteiger partial charge in [0.25, 0.3) is 0 Å². The Hall–Kier alpha value is -3.21. The van der Waals surface area contributed by atoms with Gasteiger partial charge in [-0.05, 0) is 37.6 Å². The summed E-state index contributed by atoms with van der Waals surface area (Å²) in [6.45, 7) is 5.99. The standard InChI is InChI=1S/C25H28N4O5S/c1-3-10-29-22-9-8-18(35(31,32)28-11-13-33-14-12-28)15-21(22)27-23(29)16-34-25(30)24-17(2)26-20-7-5-4-6-19(20)24/h4-9,15,26H,3,10-14,16H2,1-2H3. The molecule has 184 valence electrons. The van der Waals surface area contributed by atoms with E-state index in [1.54, 1.807) is 18.2 Å². The van der Waals surface area contributed by atoms with Crippen molar-refractivity contribution < 1.29 is 22.7 Å². The minimum atomic E-state index is -3.64. The number of nitrogens with zero attached hydrogens (tertiary/aromatic N) is 3. The molecule has 1 N–H and O–H groups in total. The quantitative estimate of drug-likeness (QED) is 0.392. The molecule has 0 saturated carbocycles. The molecule has 1 saturated heterocycles. The van der Waals surface area contributed by atoms with Crippen molar-refractivity contribution in [3.63, 3.8) is 0 Å². The molecule has 3 heterocycles. The summed E-state index contributed by atoms with van der Waals surface area (Å²) in [5.74, 6) is 0.152. The molecular weight excluding hydrogens is 468 g/mol. The molecule has 1 fully saturated rings. The molecule has 0 atom stereocenters. The summed E-state index contributed by atoms with van der Waals surface area (Å²) in [7, 11) is -3.64. The van der Waals surface area contributed by atoms with Crippen LogP contribution in [0.15, 0.2) is 47.4 Å². The molecule has 1 aliphatic rings. The SMILES string of the molecule is CCCn1c(COC(=O)c2c(C)[nH]c3ccccc23)nc2cc(S(=O)(=O)N3CCOCC3)ccc21. The van der Waals surface area contributed by atoms with Crippen molar-refractivity contribution in [1.29, 1.82) is 0 Å². The number of aromatic nitrogens is 3. The number of carbonyl (C=O) groups is 1. The Morgan fingerprint density at radius 3 is 2.71 bits per heavy atom.